The fourth-order valence-corrected chi connectivity index (χ4v) is 1.50. The first-order valence-corrected chi connectivity index (χ1v) is 6.11. The van der Waals surface area contributed by atoms with E-state index in [1.54, 1.807) is 32.9 Å². The Morgan fingerprint density at radius 1 is 1.47 bits per heavy atom. The molecule has 1 atom stereocenters. The van der Waals surface area contributed by atoms with Gasteiger partial charge in [-0.25, -0.2) is 4.39 Å². The van der Waals surface area contributed by atoms with E-state index < -0.39 is 21.9 Å². The van der Waals surface area contributed by atoms with Crippen LogP contribution in [0.1, 0.15) is 31.9 Å². The molecule has 0 aliphatic heterocycles. The molecule has 0 aliphatic rings. The zero-order valence-electron chi connectivity index (χ0n) is 9.90. The number of benzene rings is 1. The Hall–Kier alpha value is -1.38. The van der Waals surface area contributed by atoms with Gasteiger partial charge in [0.2, 0.25) is 0 Å². The van der Waals surface area contributed by atoms with Crippen LogP contribution in [0.2, 0.25) is 0 Å². The average Bonchev–Trinajstić information content (AvgIpc) is 2.24. The van der Waals surface area contributed by atoms with Gasteiger partial charge in [0.1, 0.15) is 28.0 Å². The van der Waals surface area contributed by atoms with Crippen molar-refractivity contribution < 1.29 is 8.94 Å². The van der Waals surface area contributed by atoms with Crippen LogP contribution < -0.4 is 0 Å². The molecule has 0 radical (unpaired) electrons. The minimum atomic E-state index is -1.37. The quantitative estimate of drug-likeness (QED) is 0.600. The molecule has 1 aromatic rings. The Labute approximate surface area is 103 Å². The maximum atomic E-state index is 13.2. The Morgan fingerprint density at radius 3 is 2.59 bits per heavy atom. The van der Waals surface area contributed by atoms with Crippen LogP contribution in [0.4, 0.5) is 4.39 Å². The van der Waals surface area contributed by atoms with Gasteiger partial charge in [-0.3, -0.25) is 0 Å². The lowest BCUT2D eigenvalue weighted by atomic mass is 10.1. The molecule has 0 N–H and O–H groups in total. The number of nitrogens with zero attached hydrogens (tertiary/aromatic N) is 2. The highest BCUT2D eigenvalue weighted by Gasteiger charge is 2.25. The van der Waals surface area contributed by atoms with Gasteiger partial charge in [-0.1, -0.05) is 10.5 Å². The highest BCUT2D eigenvalue weighted by molar-refractivity contribution is 7.91. The summed E-state index contributed by atoms with van der Waals surface area (Å²) >= 11 is -1.37. The lowest BCUT2D eigenvalue weighted by molar-refractivity contribution is 0.562. The highest BCUT2D eigenvalue weighted by atomic mass is 32.2. The van der Waals surface area contributed by atoms with Crippen molar-refractivity contribution in [2.45, 2.75) is 25.5 Å². The van der Waals surface area contributed by atoms with Crippen molar-refractivity contribution in [2.24, 2.45) is 4.40 Å². The zero-order valence-corrected chi connectivity index (χ0v) is 10.7. The Balaban J connectivity index is 2.87. The van der Waals surface area contributed by atoms with E-state index in [-0.39, 0.29) is 5.56 Å². The van der Waals surface area contributed by atoms with Crippen LogP contribution in [-0.2, 0) is 11.4 Å². The summed E-state index contributed by atoms with van der Waals surface area (Å²) in [6, 6.07) is 5.86. The first-order chi connectivity index (χ1) is 7.84. The summed E-state index contributed by atoms with van der Waals surface area (Å²) in [4.78, 5) is 0. The summed E-state index contributed by atoms with van der Waals surface area (Å²) in [5.74, 6) is -0.599. The Bertz CT molecular complexity index is 474. The summed E-state index contributed by atoms with van der Waals surface area (Å²) in [5.41, 5.74) is 0.471. The molecule has 0 saturated heterocycles. The molecular weight excluding hydrogens is 239 g/mol. The van der Waals surface area contributed by atoms with Gasteiger partial charge in [-0.05, 0) is 32.9 Å². The van der Waals surface area contributed by atoms with Crippen LogP contribution in [-0.4, -0.2) is 15.5 Å². The molecule has 1 aromatic carbocycles. The summed E-state index contributed by atoms with van der Waals surface area (Å²) < 4.78 is 28.3. The molecule has 1 rings (SSSR count). The normalized spacial score (nSPS) is 13.6. The van der Waals surface area contributed by atoms with Crippen molar-refractivity contribution in [3.63, 3.8) is 0 Å². The van der Waals surface area contributed by atoms with Gasteiger partial charge >= 0.3 is 0 Å². The standard InChI is InChI=1S/C12H13FN2OS/c1-12(2,3)17(16)15-8-9-4-5-10(7-14)11(13)6-9/h4-6,8H,1-3H3. The molecule has 5 heteroatoms. The van der Waals surface area contributed by atoms with E-state index >= 15 is 0 Å². The topological polar surface area (TPSA) is 59.2 Å². The van der Waals surface area contributed by atoms with Gasteiger partial charge < -0.3 is 4.55 Å². The molecule has 0 heterocycles. The van der Waals surface area contributed by atoms with Gasteiger partial charge in [0.15, 0.2) is 0 Å². The van der Waals surface area contributed by atoms with E-state index in [4.69, 9.17) is 5.26 Å². The van der Waals surface area contributed by atoms with Gasteiger partial charge in [-0.2, -0.15) is 5.26 Å². The number of halogens is 1. The van der Waals surface area contributed by atoms with Gasteiger partial charge in [0.05, 0.1) is 11.8 Å². The maximum absolute atomic E-state index is 13.2. The number of nitriles is 1. The molecule has 0 fully saturated rings. The monoisotopic (exact) mass is 252 g/mol. The van der Waals surface area contributed by atoms with Crippen molar-refractivity contribution >= 4 is 17.6 Å². The van der Waals surface area contributed by atoms with Gasteiger partial charge in [-0.15, -0.1) is 0 Å². The molecule has 3 nitrogen and oxygen atoms in total. The zero-order chi connectivity index (χ0) is 13.1. The fraction of sp³-hybridized carbons (Fsp3) is 0.333. The fourth-order valence-electron chi connectivity index (χ4n) is 0.969. The van der Waals surface area contributed by atoms with E-state index in [1.165, 1.54) is 18.3 Å². The summed E-state index contributed by atoms with van der Waals surface area (Å²) in [6.45, 7) is 5.42. The largest absolute Gasteiger partial charge is 0.591 e. The van der Waals surface area contributed by atoms with Crippen LogP contribution in [0.5, 0.6) is 0 Å². The molecule has 0 bridgehead atoms. The Kier molecular flexibility index (Phi) is 4.27. The minimum absolute atomic E-state index is 0.0147. The van der Waals surface area contributed by atoms with Crippen molar-refractivity contribution in [1.82, 2.24) is 0 Å². The van der Waals surface area contributed by atoms with Crippen LogP contribution in [0.3, 0.4) is 0 Å². The second-order valence-corrected chi connectivity index (χ2v) is 6.38. The second-order valence-electron chi connectivity index (χ2n) is 4.45. The van der Waals surface area contributed by atoms with E-state index in [0.29, 0.717) is 5.56 Å². The molecule has 0 saturated carbocycles. The van der Waals surface area contributed by atoms with E-state index in [0.717, 1.165) is 0 Å². The van der Waals surface area contributed by atoms with Crippen molar-refractivity contribution in [2.75, 3.05) is 0 Å². The third-order valence-corrected chi connectivity index (χ3v) is 3.28. The van der Waals surface area contributed by atoms with E-state index in [9.17, 15) is 8.94 Å². The molecule has 0 amide bonds. The smallest absolute Gasteiger partial charge is 0.144 e. The third-order valence-electron chi connectivity index (χ3n) is 1.93. The van der Waals surface area contributed by atoms with Gasteiger partial charge in [0, 0.05) is 5.56 Å². The second kappa shape index (κ2) is 5.30. The summed E-state index contributed by atoms with van der Waals surface area (Å²) in [6.07, 6.45) is 1.35. The molecule has 17 heavy (non-hydrogen) atoms. The van der Waals surface area contributed by atoms with Crippen LogP contribution >= 0.6 is 0 Å². The Morgan fingerprint density at radius 2 is 2.12 bits per heavy atom. The predicted octanol–water partition coefficient (Wildman–Crippen LogP) is 2.58. The van der Waals surface area contributed by atoms with Crippen LogP contribution in [0.25, 0.3) is 0 Å². The third kappa shape index (κ3) is 3.84. The van der Waals surface area contributed by atoms with Gasteiger partial charge in [0.25, 0.3) is 0 Å². The lowest BCUT2D eigenvalue weighted by Crippen LogP contribution is -2.25. The van der Waals surface area contributed by atoms with Crippen LogP contribution in [0, 0.1) is 17.1 Å². The predicted molar refractivity (Wildman–Crippen MR) is 66.6 cm³/mol. The lowest BCUT2D eigenvalue weighted by Gasteiger charge is -2.17. The molecule has 1 unspecified atom stereocenters. The van der Waals surface area contributed by atoms with Crippen molar-refractivity contribution in [3.05, 3.63) is 35.1 Å². The molecular formula is C12H13FN2OS. The van der Waals surface area contributed by atoms with Crippen LogP contribution in [0.15, 0.2) is 22.6 Å². The first-order valence-electron chi connectivity index (χ1n) is 5.00. The maximum Gasteiger partial charge on any atom is 0.144 e. The van der Waals surface area contributed by atoms with Crippen molar-refractivity contribution in [1.29, 1.82) is 5.26 Å². The molecule has 0 spiro atoms. The number of rotatable bonds is 2. The van der Waals surface area contributed by atoms with E-state index in [1.807, 2.05) is 0 Å². The minimum Gasteiger partial charge on any atom is -0.591 e. The molecule has 0 aromatic heterocycles. The van der Waals surface area contributed by atoms with E-state index in [2.05, 4.69) is 4.40 Å². The average molecular weight is 252 g/mol. The first kappa shape index (κ1) is 13.7. The van der Waals surface area contributed by atoms with Crippen molar-refractivity contribution in [3.8, 4) is 6.07 Å². The number of hydrogen-bond acceptors (Lipinski definition) is 3. The summed E-state index contributed by atoms with van der Waals surface area (Å²) in [5, 5.41) is 8.56. The molecule has 0 aliphatic carbocycles. The highest BCUT2D eigenvalue weighted by Crippen LogP contribution is 2.17. The molecule has 90 valence electrons. The number of hydrogen-bond donors (Lipinski definition) is 0. The SMILES string of the molecule is CC(C)(C)[S+]([O-])N=Cc1ccc(C#N)c(F)c1. The summed E-state index contributed by atoms with van der Waals surface area (Å²) in [7, 11) is 0.